The van der Waals surface area contributed by atoms with E-state index >= 15 is 0 Å². The van der Waals surface area contributed by atoms with E-state index in [9.17, 15) is 18.0 Å². The molecule has 4 nitrogen and oxygen atoms in total. The summed E-state index contributed by atoms with van der Waals surface area (Å²) in [5.41, 5.74) is -1.73. The van der Waals surface area contributed by atoms with Gasteiger partial charge in [-0.3, -0.25) is 4.79 Å². The lowest BCUT2D eigenvalue weighted by Crippen LogP contribution is -2.74. The third kappa shape index (κ3) is 4.17. The molecule has 2 bridgehead atoms. The van der Waals surface area contributed by atoms with E-state index in [4.69, 9.17) is 40.1 Å². The van der Waals surface area contributed by atoms with E-state index in [1.54, 1.807) is 0 Å². The summed E-state index contributed by atoms with van der Waals surface area (Å²) in [6, 6.07) is 7.98. The highest BCUT2D eigenvalue weighted by atomic mass is 35.5. The van der Waals surface area contributed by atoms with E-state index in [1.165, 1.54) is 12.1 Å². The number of amides is 1. The topological polar surface area (TPSA) is 64.9 Å². The van der Waals surface area contributed by atoms with Crippen LogP contribution in [0.4, 0.5) is 18.9 Å². The number of hydrogen-bond donors (Lipinski definition) is 2. The molecular weight excluding hydrogens is 494 g/mol. The molecule has 31 heavy (non-hydrogen) atoms. The first-order valence-corrected chi connectivity index (χ1v) is 10.9. The molecule has 3 aliphatic rings. The van der Waals surface area contributed by atoms with Crippen LogP contribution in [0.3, 0.4) is 0 Å². The number of hydrogen-bond acceptors (Lipinski definition) is 4. The van der Waals surface area contributed by atoms with Crippen molar-refractivity contribution < 1.29 is 18.0 Å². The van der Waals surface area contributed by atoms with Gasteiger partial charge in [0.1, 0.15) is 0 Å². The highest BCUT2D eigenvalue weighted by Crippen LogP contribution is 2.66. The molecule has 0 heterocycles. The molecule has 5 rings (SSSR count). The number of nitriles is 1. The Hall–Kier alpha value is -1.79. The number of anilines is 1. The maximum Gasteiger partial charge on any atom is 0.416 e. The van der Waals surface area contributed by atoms with E-state index in [1.807, 2.05) is 0 Å². The molecule has 3 aliphatic carbocycles. The summed E-state index contributed by atoms with van der Waals surface area (Å²) in [5.74, 6) is -0.517. The van der Waals surface area contributed by atoms with Gasteiger partial charge in [-0.2, -0.15) is 18.4 Å². The van der Waals surface area contributed by atoms with E-state index < -0.39 is 23.2 Å². The SMILES string of the molecule is N#CC12CC(NC(=O)c3ccc(C(F)(F)F)cc3NSc3c(Cl)cc(Cl)cc3Cl)(C1)C2. The number of halogens is 6. The molecule has 2 aromatic carbocycles. The highest BCUT2D eigenvalue weighted by Gasteiger charge is 2.69. The highest BCUT2D eigenvalue weighted by molar-refractivity contribution is 8.00. The van der Waals surface area contributed by atoms with Crippen molar-refractivity contribution in [2.24, 2.45) is 5.41 Å². The predicted octanol–water partition coefficient (Wildman–Crippen LogP) is 6.96. The maximum atomic E-state index is 13.2. The van der Waals surface area contributed by atoms with Crippen molar-refractivity contribution in [2.75, 3.05) is 4.72 Å². The number of alkyl halides is 3. The van der Waals surface area contributed by atoms with Gasteiger partial charge < -0.3 is 10.0 Å². The third-order valence-corrected chi connectivity index (χ3v) is 7.47. The summed E-state index contributed by atoms with van der Waals surface area (Å²) in [4.78, 5) is 13.2. The second-order valence-electron chi connectivity index (χ2n) is 7.82. The van der Waals surface area contributed by atoms with Crippen molar-refractivity contribution in [1.29, 1.82) is 5.26 Å². The normalized spacial score (nSPS) is 23.9. The smallest absolute Gasteiger partial charge is 0.346 e. The van der Waals surface area contributed by atoms with E-state index in [0.29, 0.717) is 29.2 Å². The van der Waals surface area contributed by atoms with Gasteiger partial charge in [0.05, 0.1) is 43.2 Å². The Balaban J connectivity index is 1.59. The lowest BCUT2D eigenvalue weighted by Gasteiger charge is -2.66. The summed E-state index contributed by atoms with van der Waals surface area (Å²) in [6.45, 7) is 0. The van der Waals surface area contributed by atoms with Crippen LogP contribution >= 0.6 is 46.8 Å². The average molecular weight is 507 g/mol. The van der Waals surface area contributed by atoms with Gasteiger partial charge in [0.2, 0.25) is 0 Å². The quantitative estimate of drug-likeness (QED) is 0.430. The molecule has 0 unspecified atom stereocenters. The van der Waals surface area contributed by atoms with Crippen LogP contribution in [0.15, 0.2) is 35.2 Å². The minimum atomic E-state index is -4.58. The monoisotopic (exact) mass is 505 g/mol. The van der Waals surface area contributed by atoms with Crippen LogP contribution in [0.25, 0.3) is 0 Å². The van der Waals surface area contributed by atoms with Crippen molar-refractivity contribution >= 4 is 58.3 Å². The Bertz CT molecular complexity index is 1090. The average Bonchev–Trinajstić information content (AvgIpc) is 2.61. The lowest BCUT2D eigenvalue weighted by atomic mass is 9.40. The number of rotatable bonds is 5. The molecule has 0 saturated heterocycles. The number of carbonyl (C=O) groups is 1. The lowest BCUT2D eigenvalue weighted by molar-refractivity contribution is -0.137. The minimum absolute atomic E-state index is 0.0393. The molecule has 0 atom stereocenters. The third-order valence-electron chi connectivity index (χ3n) is 5.46. The van der Waals surface area contributed by atoms with Gasteiger partial charge in [-0.15, -0.1) is 0 Å². The molecule has 2 aromatic rings. The molecule has 0 radical (unpaired) electrons. The summed E-state index contributed by atoms with van der Waals surface area (Å²) in [6.07, 6.45) is -2.93. The van der Waals surface area contributed by atoms with Crippen molar-refractivity contribution in [3.8, 4) is 6.07 Å². The van der Waals surface area contributed by atoms with Crippen LogP contribution in [0.5, 0.6) is 0 Å². The summed E-state index contributed by atoms with van der Waals surface area (Å²) in [5, 5.41) is 12.7. The maximum absolute atomic E-state index is 13.2. The molecule has 3 fully saturated rings. The Morgan fingerprint density at radius 1 is 1.10 bits per heavy atom. The molecule has 0 aliphatic heterocycles. The van der Waals surface area contributed by atoms with Gasteiger partial charge >= 0.3 is 6.18 Å². The fourth-order valence-electron chi connectivity index (χ4n) is 4.08. The molecule has 3 saturated carbocycles. The second-order valence-corrected chi connectivity index (χ2v) is 9.89. The van der Waals surface area contributed by atoms with E-state index in [2.05, 4.69) is 16.1 Å². The minimum Gasteiger partial charge on any atom is -0.346 e. The first-order valence-electron chi connectivity index (χ1n) is 8.98. The first-order chi connectivity index (χ1) is 14.5. The Kier molecular flexibility index (Phi) is 5.54. The zero-order valence-corrected chi connectivity index (χ0v) is 18.6. The molecular formula is C20H13Cl3F3N3OS. The van der Waals surface area contributed by atoms with Gasteiger partial charge in [0.15, 0.2) is 0 Å². The first kappa shape index (κ1) is 22.4. The van der Waals surface area contributed by atoms with Gasteiger partial charge in [-0.25, -0.2) is 0 Å². The zero-order valence-electron chi connectivity index (χ0n) is 15.5. The largest absolute Gasteiger partial charge is 0.416 e. The molecule has 1 amide bonds. The van der Waals surface area contributed by atoms with Crippen molar-refractivity contribution in [1.82, 2.24) is 5.32 Å². The second kappa shape index (κ2) is 7.66. The molecule has 11 heteroatoms. The van der Waals surface area contributed by atoms with Crippen LogP contribution in [0.1, 0.15) is 35.2 Å². The van der Waals surface area contributed by atoms with Crippen LogP contribution in [0.2, 0.25) is 15.1 Å². The number of benzene rings is 2. The zero-order chi connectivity index (χ0) is 22.6. The van der Waals surface area contributed by atoms with Crippen LogP contribution < -0.4 is 10.0 Å². The Morgan fingerprint density at radius 2 is 1.71 bits per heavy atom. The van der Waals surface area contributed by atoms with Gasteiger partial charge in [-0.1, -0.05) is 34.8 Å². The number of nitrogens with one attached hydrogen (secondary N) is 2. The van der Waals surface area contributed by atoms with Crippen molar-refractivity contribution in [2.45, 2.75) is 35.9 Å². The number of carbonyl (C=O) groups excluding carboxylic acids is 1. The molecule has 2 N–H and O–H groups in total. The summed E-state index contributed by atoms with van der Waals surface area (Å²) < 4.78 is 42.5. The standard InChI is InChI=1S/C20H13Cl3F3N3OS/c21-11-4-13(22)16(14(23)5-11)31-29-15-3-10(20(24,25)26)1-2-12(15)17(30)28-19-6-18(7-19,8-19)9-27/h1-5,29H,6-8H2,(H,28,30). The van der Waals surface area contributed by atoms with Crippen molar-refractivity contribution in [3.05, 3.63) is 56.5 Å². The number of nitrogens with zero attached hydrogens (tertiary/aromatic N) is 1. The van der Waals surface area contributed by atoms with Crippen LogP contribution in [-0.2, 0) is 6.18 Å². The fourth-order valence-corrected chi connectivity index (χ4v) is 5.82. The Morgan fingerprint density at radius 3 is 2.26 bits per heavy atom. The summed E-state index contributed by atoms with van der Waals surface area (Å²) in [7, 11) is 0. The molecule has 0 spiro atoms. The molecule has 162 valence electrons. The van der Waals surface area contributed by atoms with Gasteiger partial charge in [0.25, 0.3) is 5.91 Å². The van der Waals surface area contributed by atoms with Crippen molar-refractivity contribution in [3.63, 3.8) is 0 Å². The van der Waals surface area contributed by atoms with E-state index in [0.717, 1.165) is 30.1 Å². The van der Waals surface area contributed by atoms with Gasteiger partial charge in [0, 0.05) is 10.6 Å². The fraction of sp³-hybridized carbons (Fsp3) is 0.300. The Labute approximate surface area is 195 Å². The van der Waals surface area contributed by atoms with Crippen LogP contribution in [-0.4, -0.2) is 11.4 Å². The summed E-state index contributed by atoms with van der Waals surface area (Å²) >= 11 is 19.0. The van der Waals surface area contributed by atoms with Gasteiger partial charge in [-0.05, 0) is 61.5 Å². The predicted molar refractivity (Wildman–Crippen MR) is 114 cm³/mol. The van der Waals surface area contributed by atoms with E-state index in [-0.39, 0.29) is 26.7 Å². The molecule has 0 aromatic heterocycles. The van der Waals surface area contributed by atoms with Crippen LogP contribution in [0, 0.1) is 16.7 Å².